The molecule has 2 aromatic rings. The number of nitrogens with zero attached hydrogens (tertiary/aromatic N) is 1. The highest BCUT2D eigenvalue weighted by Gasteiger charge is 2.39. The molecule has 0 aromatic heterocycles. The molecule has 0 unspecified atom stereocenters. The van der Waals surface area contributed by atoms with Crippen LogP contribution in [0.4, 0.5) is 0 Å². The fourth-order valence-electron chi connectivity index (χ4n) is 2.76. The Labute approximate surface area is 117 Å². The van der Waals surface area contributed by atoms with E-state index in [0.29, 0.717) is 0 Å². The second-order valence-corrected chi connectivity index (χ2v) is 8.48. The Bertz CT molecular complexity index is 571. The van der Waals surface area contributed by atoms with Gasteiger partial charge in [-0.2, -0.15) is 0 Å². The molecule has 0 spiro atoms. The highest BCUT2D eigenvalue weighted by Crippen LogP contribution is 2.24. The molecule has 0 fully saturated rings. The molecule has 97 valence electrons. The first-order valence-electron chi connectivity index (χ1n) is 6.86. The van der Waals surface area contributed by atoms with Gasteiger partial charge in [-0.3, -0.25) is 0 Å². The number of rotatable bonds is 1. The summed E-state index contributed by atoms with van der Waals surface area (Å²) in [6, 6.07) is 20.0. The minimum absolute atomic E-state index is 0.211. The van der Waals surface area contributed by atoms with Crippen molar-refractivity contribution in [3.05, 3.63) is 60.2 Å². The van der Waals surface area contributed by atoms with Gasteiger partial charge in [0.2, 0.25) is 8.96 Å². The maximum absolute atomic E-state index is 2.69. The average molecular weight is 266 g/mol. The normalized spacial score (nSPS) is 16.6. The van der Waals surface area contributed by atoms with E-state index in [4.69, 9.17) is 0 Å². The van der Waals surface area contributed by atoms with Crippen molar-refractivity contribution in [2.75, 3.05) is 0 Å². The third kappa shape index (κ3) is 2.26. The van der Waals surface area contributed by atoms with Gasteiger partial charge in [0.1, 0.15) is 0 Å². The van der Waals surface area contributed by atoms with Gasteiger partial charge < -0.3 is 4.57 Å². The van der Waals surface area contributed by atoms with Gasteiger partial charge >= 0.3 is 0 Å². The van der Waals surface area contributed by atoms with Gasteiger partial charge in [-0.05, 0) is 36.7 Å². The molecule has 2 aromatic carbocycles. The van der Waals surface area contributed by atoms with Crippen molar-refractivity contribution in [2.45, 2.75) is 32.9 Å². The molecular formula is C17H20NSi. The summed E-state index contributed by atoms with van der Waals surface area (Å²) in [4.78, 5) is 0. The SMILES string of the molecule is CC(C)(C)N1Cc2ccccc2[Si]1c1ccccc1. The number of hydrogen-bond acceptors (Lipinski definition) is 1. The summed E-state index contributed by atoms with van der Waals surface area (Å²) in [5.41, 5.74) is 1.72. The van der Waals surface area contributed by atoms with Crippen LogP contribution in [-0.2, 0) is 6.54 Å². The van der Waals surface area contributed by atoms with Gasteiger partial charge in [-0.25, -0.2) is 0 Å². The quantitative estimate of drug-likeness (QED) is 0.717. The van der Waals surface area contributed by atoms with E-state index < -0.39 is 8.96 Å². The Morgan fingerprint density at radius 2 is 1.53 bits per heavy atom. The Hall–Kier alpha value is -1.38. The molecule has 0 bridgehead atoms. The first-order valence-corrected chi connectivity index (χ1v) is 8.30. The monoisotopic (exact) mass is 266 g/mol. The molecule has 1 aliphatic rings. The molecule has 1 aliphatic heterocycles. The Balaban J connectivity index is 2.11. The lowest BCUT2D eigenvalue weighted by molar-refractivity contribution is 0.252. The van der Waals surface area contributed by atoms with E-state index in [1.807, 2.05) is 0 Å². The highest BCUT2D eigenvalue weighted by molar-refractivity contribution is 6.84. The maximum Gasteiger partial charge on any atom is 0.210 e. The van der Waals surface area contributed by atoms with Gasteiger partial charge in [-0.1, -0.05) is 54.6 Å². The predicted molar refractivity (Wildman–Crippen MR) is 83.2 cm³/mol. The van der Waals surface area contributed by atoms with Crippen LogP contribution < -0.4 is 10.4 Å². The highest BCUT2D eigenvalue weighted by atomic mass is 28.3. The molecule has 0 N–H and O–H groups in total. The van der Waals surface area contributed by atoms with Crippen LogP contribution in [0.15, 0.2) is 54.6 Å². The molecule has 1 heterocycles. The van der Waals surface area contributed by atoms with Gasteiger partial charge in [0.25, 0.3) is 0 Å². The predicted octanol–water partition coefficient (Wildman–Crippen LogP) is 2.41. The largest absolute Gasteiger partial charge is 0.308 e. The zero-order valence-corrected chi connectivity index (χ0v) is 12.9. The zero-order chi connectivity index (χ0) is 13.5. The summed E-state index contributed by atoms with van der Waals surface area (Å²) < 4.78 is 2.69. The van der Waals surface area contributed by atoms with Crippen LogP contribution in [0.3, 0.4) is 0 Å². The van der Waals surface area contributed by atoms with E-state index in [2.05, 4.69) is 79.9 Å². The average Bonchev–Trinajstić information content (AvgIpc) is 2.79. The molecule has 3 rings (SSSR count). The van der Waals surface area contributed by atoms with Crippen molar-refractivity contribution < 1.29 is 0 Å². The van der Waals surface area contributed by atoms with Crippen LogP contribution in [0.2, 0.25) is 0 Å². The lowest BCUT2D eigenvalue weighted by Crippen LogP contribution is -2.57. The topological polar surface area (TPSA) is 3.24 Å². The summed E-state index contributed by atoms with van der Waals surface area (Å²) >= 11 is 0. The standard InChI is InChI=1S/C17H20NSi/c1-17(2,3)18-13-14-9-7-8-12-16(14)19(18)15-10-5-4-6-11-15/h4-12H,13H2,1-3H3. The van der Waals surface area contributed by atoms with Gasteiger partial charge in [0, 0.05) is 12.1 Å². The Morgan fingerprint density at radius 1 is 0.895 bits per heavy atom. The molecule has 0 saturated carbocycles. The molecule has 1 radical (unpaired) electrons. The van der Waals surface area contributed by atoms with E-state index in [1.54, 1.807) is 5.19 Å². The fraction of sp³-hybridized carbons (Fsp3) is 0.294. The molecule has 0 atom stereocenters. The van der Waals surface area contributed by atoms with Crippen LogP contribution in [0.1, 0.15) is 26.3 Å². The minimum atomic E-state index is -0.809. The molecule has 0 saturated heterocycles. The summed E-state index contributed by atoms with van der Waals surface area (Å²) in [5.74, 6) is 0. The molecular weight excluding hydrogens is 246 g/mol. The summed E-state index contributed by atoms with van der Waals surface area (Å²) in [6.45, 7) is 8.06. The number of hydrogen-bond donors (Lipinski definition) is 0. The fourth-order valence-corrected chi connectivity index (χ4v) is 5.91. The second kappa shape index (κ2) is 4.62. The summed E-state index contributed by atoms with van der Waals surface area (Å²) in [5, 5.41) is 3.06. The van der Waals surface area contributed by atoms with Gasteiger partial charge in [0.05, 0.1) is 0 Å². The Kier molecular flexibility index (Phi) is 3.07. The zero-order valence-electron chi connectivity index (χ0n) is 11.9. The van der Waals surface area contributed by atoms with Crippen LogP contribution in [0.5, 0.6) is 0 Å². The van der Waals surface area contributed by atoms with E-state index in [9.17, 15) is 0 Å². The van der Waals surface area contributed by atoms with Crippen molar-refractivity contribution in [1.82, 2.24) is 4.57 Å². The first kappa shape index (κ1) is 12.6. The van der Waals surface area contributed by atoms with Crippen LogP contribution in [-0.4, -0.2) is 19.1 Å². The molecule has 2 heteroatoms. The maximum atomic E-state index is 2.69. The first-order chi connectivity index (χ1) is 9.07. The van der Waals surface area contributed by atoms with Gasteiger partial charge in [-0.15, -0.1) is 0 Å². The van der Waals surface area contributed by atoms with Crippen molar-refractivity contribution in [3.8, 4) is 0 Å². The van der Waals surface area contributed by atoms with E-state index in [-0.39, 0.29) is 5.54 Å². The summed E-state index contributed by atoms with van der Waals surface area (Å²) in [6.07, 6.45) is 0. The molecule has 1 nitrogen and oxygen atoms in total. The lowest BCUT2D eigenvalue weighted by atomic mass is 10.1. The number of fused-ring (bicyclic) bond motifs is 1. The third-order valence-electron chi connectivity index (χ3n) is 3.73. The lowest BCUT2D eigenvalue weighted by Gasteiger charge is -2.36. The van der Waals surface area contributed by atoms with Crippen LogP contribution >= 0.6 is 0 Å². The third-order valence-corrected chi connectivity index (χ3v) is 6.97. The second-order valence-electron chi connectivity index (χ2n) is 6.13. The molecule has 0 amide bonds. The van der Waals surface area contributed by atoms with Crippen molar-refractivity contribution in [3.63, 3.8) is 0 Å². The van der Waals surface area contributed by atoms with E-state index >= 15 is 0 Å². The Morgan fingerprint density at radius 3 is 2.21 bits per heavy atom. The van der Waals surface area contributed by atoms with Gasteiger partial charge in [0.15, 0.2) is 0 Å². The summed E-state index contributed by atoms with van der Waals surface area (Å²) in [7, 11) is -0.809. The van der Waals surface area contributed by atoms with E-state index in [1.165, 1.54) is 10.8 Å². The van der Waals surface area contributed by atoms with E-state index in [0.717, 1.165) is 6.54 Å². The number of benzene rings is 2. The van der Waals surface area contributed by atoms with Crippen LogP contribution in [0.25, 0.3) is 0 Å². The molecule has 19 heavy (non-hydrogen) atoms. The minimum Gasteiger partial charge on any atom is -0.308 e. The van der Waals surface area contributed by atoms with Crippen molar-refractivity contribution >= 4 is 19.3 Å². The van der Waals surface area contributed by atoms with Crippen LogP contribution in [0, 0.1) is 0 Å². The molecule has 0 aliphatic carbocycles. The van der Waals surface area contributed by atoms with Crippen molar-refractivity contribution in [1.29, 1.82) is 0 Å². The van der Waals surface area contributed by atoms with Crippen molar-refractivity contribution in [2.24, 2.45) is 0 Å². The smallest absolute Gasteiger partial charge is 0.210 e.